The van der Waals surface area contributed by atoms with Gasteiger partial charge in [-0.15, -0.1) is 0 Å². The summed E-state index contributed by atoms with van der Waals surface area (Å²) in [7, 11) is 1.32. The molecule has 1 saturated heterocycles. The maximum absolute atomic E-state index is 14.7. The summed E-state index contributed by atoms with van der Waals surface area (Å²) in [5.41, 5.74) is 6.37. The van der Waals surface area contributed by atoms with E-state index in [1.54, 1.807) is 30.3 Å². The molecule has 9 aromatic rings. The number of hydrogen-bond donors (Lipinski definition) is 2. The predicted octanol–water partition coefficient (Wildman–Crippen LogP) is 12.4. The summed E-state index contributed by atoms with van der Waals surface area (Å²) < 4.78 is 111. The van der Waals surface area contributed by atoms with E-state index < -0.39 is 49.1 Å². The van der Waals surface area contributed by atoms with Gasteiger partial charge in [-0.05, 0) is 110 Å². The first-order chi connectivity index (χ1) is 34.1. The number of nitrogens with zero attached hydrogens (tertiary/aromatic N) is 4. The third-order valence-corrected chi connectivity index (χ3v) is 13.4. The van der Waals surface area contributed by atoms with Crippen molar-refractivity contribution in [2.24, 2.45) is 0 Å². The first kappa shape index (κ1) is 48.9. The Balaban J connectivity index is 0.000000247. The van der Waals surface area contributed by atoms with Gasteiger partial charge in [0, 0.05) is 50.5 Å². The smallest absolute Gasteiger partial charge is 0.387 e. The van der Waals surface area contributed by atoms with Gasteiger partial charge in [0.05, 0.1) is 20.3 Å². The molecule has 1 fully saturated rings. The van der Waals surface area contributed by atoms with Gasteiger partial charge in [0.25, 0.3) is 0 Å². The van der Waals surface area contributed by atoms with Crippen LogP contribution in [0.2, 0.25) is 0 Å². The molecular weight excluding hydrogens is 1000 g/mol. The van der Waals surface area contributed by atoms with Crippen molar-refractivity contribution in [2.45, 2.75) is 66.0 Å². The van der Waals surface area contributed by atoms with Gasteiger partial charge in [0.15, 0.2) is 28.4 Å². The fourth-order valence-electron chi connectivity index (χ4n) is 8.81. The van der Waals surface area contributed by atoms with Crippen molar-refractivity contribution in [2.75, 3.05) is 13.7 Å². The first-order valence-electron chi connectivity index (χ1n) is 22.0. The second-order valence-corrected chi connectivity index (χ2v) is 17.6. The van der Waals surface area contributed by atoms with Crippen LogP contribution in [0.3, 0.4) is 0 Å². The number of carbonyl (C=O) groups is 1. The topological polar surface area (TPSA) is 157 Å². The number of hydrogen-bond acceptors (Lipinski definition) is 12. The van der Waals surface area contributed by atoms with E-state index in [0.717, 1.165) is 38.7 Å². The highest BCUT2D eigenvalue weighted by Gasteiger charge is 2.33. The van der Waals surface area contributed by atoms with Crippen molar-refractivity contribution >= 4 is 55.2 Å². The number of fused-ring (bicyclic) bond motifs is 3. The van der Waals surface area contributed by atoms with Gasteiger partial charge in [0.2, 0.25) is 29.3 Å². The van der Waals surface area contributed by atoms with Crippen LogP contribution in [-0.4, -0.2) is 62.3 Å². The molecule has 1 aliphatic rings. The molecule has 0 unspecified atom stereocenters. The molecule has 3 aromatic heterocycles. The van der Waals surface area contributed by atoms with Crippen LogP contribution in [-0.2, 0) is 29.3 Å². The summed E-state index contributed by atoms with van der Waals surface area (Å²) >= 11 is 3.40. The van der Waals surface area contributed by atoms with Crippen LogP contribution in [0.1, 0.15) is 46.2 Å². The number of carbonyl (C=O) groups excluding carboxylic acids is 1. The Morgan fingerprint density at radius 2 is 1.17 bits per heavy atom. The number of methoxy groups -OCH3 is 1. The quantitative estimate of drug-likeness (QED) is 0.0935. The van der Waals surface area contributed by atoms with Gasteiger partial charge in [-0.25, -0.2) is 23.7 Å². The Bertz CT molecular complexity index is 3520. The second-order valence-electron chi connectivity index (χ2n) is 16.7. The van der Waals surface area contributed by atoms with Gasteiger partial charge in [-0.2, -0.15) is 17.6 Å². The zero-order valence-electron chi connectivity index (χ0n) is 38.2. The van der Waals surface area contributed by atoms with Gasteiger partial charge in [0.1, 0.15) is 28.3 Å². The van der Waals surface area contributed by atoms with Crippen molar-refractivity contribution in [1.82, 2.24) is 19.9 Å². The first-order valence-corrected chi connectivity index (χ1v) is 22.8. The van der Waals surface area contributed by atoms with Crippen LogP contribution in [0.25, 0.3) is 78.8 Å². The second kappa shape index (κ2) is 20.0. The molecule has 71 heavy (non-hydrogen) atoms. The molecule has 366 valence electrons. The predicted molar refractivity (Wildman–Crippen MR) is 253 cm³/mol. The Hall–Kier alpha value is -7.06. The van der Waals surface area contributed by atoms with E-state index in [0.29, 0.717) is 40.7 Å². The summed E-state index contributed by atoms with van der Waals surface area (Å²) in [6.45, 7) is 2.03. The van der Waals surface area contributed by atoms with E-state index in [9.17, 15) is 36.2 Å². The van der Waals surface area contributed by atoms with Crippen LogP contribution in [0.15, 0.2) is 96.6 Å². The van der Waals surface area contributed by atoms with Gasteiger partial charge < -0.3 is 32.9 Å². The Morgan fingerprint density at radius 1 is 0.690 bits per heavy atom. The van der Waals surface area contributed by atoms with Gasteiger partial charge in [-0.1, -0.05) is 46.3 Å². The molecule has 10 rings (SSSR count). The minimum absolute atomic E-state index is 0.0713. The number of rotatable bonds is 11. The number of alkyl halides is 2. The van der Waals surface area contributed by atoms with Crippen molar-refractivity contribution in [3.05, 3.63) is 140 Å². The lowest BCUT2D eigenvalue weighted by atomic mass is 9.91. The van der Waals surface area contributed by atoms with Crippen molar-refractivity contribution in [3.63, 3.8) is 0 Å². The number of aromatic nitrogens is 3. The van der Waals surface area contributed by atoms with E-state index in [1.165, 1.54) is 25.3 Å². The number of oxazole rings is 3. The Labute approximate surface area is 408 Å². The highest BCUT2D eigenvalue weighted by molar-refractivity contribution is 9.10. The molecule has 19 heteroatoms. The average molecular weight is 1040 g/mol. The molecule has 4 heterocycles. The summed E-state index contributed by atoms with van der Waals surface area (Å²) in [5, 5.41) is 18.5. The van der Waals surface area contributed by atoms with Gasteiger partial charge in [-0.3, -0.25) is 9.69 Å². The Morgan fingerprint density at radius 3 is 1.69 bits per heavy atom. The average Bonchev–Trinajstić information content (AvgIpc) is 4.19. The molecule has 0 saturated carbocycles. The fraction of sp³-hybridized carbons (Fsp3) is 0.231. The lowest BCUT2D eigenvalue weighted by molar-refractivity contribution is -0.146. The summed E-state index contributed by atoms with van der Waals surface area (Å²) in [6.07, 6.45) is 1.36. The van der Waals surface area contributed by atoms with E-state index in [2.05, 4.69) is 25.9 Å². The highest BCUT2D eigenvalue weighted by atomic mass is 79.9. The molecule has 12 nitrogen and oxygen atoms in total. The number of aliphatic hydroxyl groups is 2. The van der Waals surface area contributed by atoms with E-state index in [4.69, 9.17) is 32.8 Å². The fourth-order valence-corrected chi connectivity index (χ4v) is 9.18. The van der Waals surface area contributed by atoms with Crippen LogP contribution in [0, 0.1) is 44.0 Å². The van der Waals surface area contributed by atoms with Crippen molar-refractivity contribution < 1.29 is 64.1 Å². The summed E-state index contributed by atoms with van der Waals surface area (Å²) in [4.78, 5) is 27.5. The lowest BCUT2D eigenvalue weighted by Crippen LogP contribution is -2.36. The van der Waals surface area contributed by atoms with Crippen molar-refractivity contribution in [3.8, 4) is 51.2 Å². The van der Waals surface area contributed by atoms with Crippen LogP contribution >= 0.6 is 15.9 Å². The number of benzene rings is 6. The number of halogens is 7. The maximum atomic E-state index is 14.7. The number of ether oxygens (including phenoxy) is 2. The zero-order valence-corrected chi connectivity index (χ0v) is 39.8. The normalized spacial score (nSPS) is 14.0. The number of aliphatic hydroxyl groups excluding tert-OH is 2. The number of likely N-dealkylation sites (tertiary alicyclic amines) is 1. The van der Waals surface area contributed by atoms with Crippen LogP contribution < -0.4 is 4.74 Å². The molecule has 0 spiro atoms. The third-order valence-electron chi connectivity index (χ3n) is 12.5. The summed E-state index contributed by atoms with van der Waals surface area (Å²) in [6, 6.07) is 21.6. The van der Waals surface area contributed by atoms with E-state index in [1.807, 2.05) is 56.0 Å². The highest BCUT2D eigenvalue weighted by Crippen LogP contribution is 2.40. The molecule has 1 atom stereocenters. The van der Waals surface area contributed by atoms with Crippen LogP contribution in [0.5, 0.6) is 5.75 Å². The molecule has 6 aromatic carbocycles. The van der Waals surface area contributed by atoms with E-state index in [-0.39, 0.29) is 74.8 Å². The molecule has 0 aliphatic carbocycles. The minimum Gasteiger partial charge on any atom is -0.468 e. The van der Waals surface area contributed by atoms with E-state index >= 15 is 0 Å². The summed E-state index contributed by atoms with van der Waals surface area (Å²) in [5.74, 6) is -4.55. The molecular formula is C52H41BrF6N4O8. The standard InChI is InChI=1S/C37H31F4N3O6.C15H10BrF2NO2/c1-18-22(23-8-5-10-25(19(23)2)35-43-27-14-21(17-45)31(38)32(39)33(27)50-35)7-4-9-24(18)34-42-26-13-20(29(49-37(40)41)15-30(26)48-34)16-44-12-6-11-28(44)36(46)47-3;1-7-9(3-2-4-10(7)16)15-19-11-5-8(6-20)12(17)13(18)14(11)21-15/h4-5,7-10,13-15,28,37,45H,6,11-12,16-17H2,1-3H3;2-5,20H,6H2,1H3/t28-;/m0./s1. The zero-order chi connectivity index (χ0) is 50.4. The van der Waals surface area contributed by atoms with Crippen molar-refractivity contribution in [1.29, 1.82) is 0 Å². The molecule has 1 aliphatic heterocycles. The number of esters is 1. The molecule has 0 bridgehead atoms. The SMILES string of the molecule is COC(=O)[C@@H]1CCCN1Cc1cc2nc(-c3cccc(-c4cccc(-c5nc6cc(CO)c(F)c(F)c6o5)c4C)c3C)oc2cc1OC(F)F.Cc1c(Br)cccc1-c1nc2cc(CO)c(F)c(F)c2o1. The Kier molecular flexibility index (Phi) is 13.8. The molecule has 0 amide bonds. The molecule has 2 N–H and O–H groups in total. The minimum atomic E-state index is -3.07. The molecule has 0 radical (unpaired) electrons. The largest absolute Gasteiger partial charge is 0.468 e. The third kappa shape index (κ3) is 9.25. The lowest BCUT2D eigenvalue weighted by Gasteiger charge is -2.23. The van der Waals surface area contributed by atoms with Crippen LogP contribution in [0.4, 0.5) is 26.3 Å². The van der Waals surface area contributed by atoms with Gasteiger partial charge >= 0.3 is 12.6 Å². The maximum Gasteiger partial charge on any atom is 0.387 e. The monoisotopic (exact) mass is 1040 g/mol.